The van der Waals surface area contributed by atoms with Crippen molar-refractivity contribution < 1.29 is 13.9 Å². The molecule has 0 aliphatic carbocycles. The van der Waals surface area contributed by atoms with E-state index in [9.17, 15) is 9.18 Å². The second-order valence-electron chi connectivity index (χ2n) is 4.73. The number of rotatable bonds is 5. The Morgan fingerprint density at radius 2 is 2.05 bits per heavy atom. The van der Waals surface area contributed by atoms with Gasteiger partial charge >= 0.3 is 0 Å². The van der Waals surface area contributed by atoms with Crippen LogP contribution in [-0.4, -0.2) is 12.5 Å². The summed E-state index contributed by atoms with van der Waals surface area (Å²) in [6.45, 7) is 4.70. The molecule has 4 heteroatoms. The lowest BCUT2D eigenvalue weighted by Crippen LogP contribution is -2.22. The molecule has 110 valence electrons. The van der Waals surface area contributed by atoms with Crippen molar-refractivity contribution in [3.63, 3.8) is 0 Å². The average Bonchev–Trinajstić information content (AvgIpc) is 2.47. The van der Waals surface area contributed by atoms with Gasteiger partial charge in [0.05, 0.1) is 6.61 Å². The first-order chi connectivity index (χ1) is 10.1. The molecule has 2 aromatic carbocycles. The lowest BCUT2D eigenvalue weighted by Gasteiger charge is -2.10. The molecule has 0 aliphatic heterocycles. The van der Waals surface area contributed by atoms with Crippen molar-refractivity contribution in [3.05, 3.63) is 65.0 Å². The molecule has 0 unspecified atom stereocenters. The number of carbonyl (C=O) groups excluding carboxylic acids is 1. The molecule has 0 saturated heterocycles. The predicted octanol–water partition coefficient (Wildman–Crippen LogP) is 3.46. The Bertz CT molecular complexity index is 640. The summed E-state index contributed by atoms with van der Waals surface area (Å²) in [7, 11) is 0. The molecular weight excluding hydrogens is 269 g/mol. The lowest BCUT2D eigenvalue weighted by atomic mass is 10.1. The summed E-state index contributed by atoms with van der Waals surface area (Å²) in [6, 6.07) is 11.5. The Morgan fingerprint density at radius 1 is 1.24 bits per heavy atom. The molecule has 2 rings (SSSR count). The van der Waals surface area contributed by atoms with Crippen LogP contribution in [0.15, 0.2) is 42.5 Å². The molecule has 21 heavy (non-hydrogen) atoms. The second kappa shape index (κ2) is 6.88. The molecule has 0 radical (unpaired) electrons. The lowest BCUT2D eigenvalue weighted by molar-refractivity contribution is 0.0950. The van der Waals surface area contributed by atoms with Crippen LogP contribution in [-0.2, 0) is 6.54 Å². The largest absolute Gasteiger partial charge is 0.494 e. The minimum atomic E-state index is -0.307. The first-order valence-corrected chi connectivity index (χ1v) is 6.86. The highest BCUT2D eigenvalue weighted by molar-refractivity contribution is 5.94. The van der Waals surface area contributed by atoms with Crippen LogP contribution in [0.2, 0.25) is 0 Å². The second-order valence-corrected chi connectivity index (χ2v) is 4.73. The van der Waals surface area contributed by atoms with Crippen molar-refractivity contribution in [3.8, 4) is 5.75 Å². The molecular formula is C17H18FNO2. The normalized spacial score (nSPS) is 10.2. The van der Waals surface area contributed by atoms with Crippen LogP contribution < -0.4 is 10.1 Å². The fourth-order valence-corrected chi connectivity index (χ4v) is 2.04. The highest BCUT2D eigenvalue weighted by Crippen LogP contribution is 2.19. The van der Waals surface area contributed by atoms with Crippen molar-refractivity contribution in [2.24, 2.45) is 0 Å². The minimum absolute atomic E-state index is 0.189. The Morgan fingerprint density at radius 3 is 2.71 bits per heavy atom. The van der Waals surface area contributed by atoms with Crippen LogP contribution in [0.25, 0.3) is 0 Å². The topological polar surface area (TPSA) is 38.3 Å². The highest BCUT2D eigenvalue weighted by atomic mass is 19.1. The fourth-order valence-electron chi connectivity index (χ4n) is 2.04. The summed E-state index contributed by atoms with van der Waals surface area (Å²) < 4.78 is 18.5. The molecule has 2 aromatic rings. The number of carbonyl (C=O) groups is 1. The number of benzene rings is 2. The van der Waals surface area contributed by atoms with E-state index in [1.165, 1.54) is 12.1 Å². The maximum atomic E-state index is 13.1. The third-order valence-electron chi connectivity index (χ3n) is 3.08. The van der Waals surface area contributed by atoms with Gasteiger partial charge in [-0.15, -0.1) is 0 Å². The summed E-state index contributed by atoms with van der Waals surface area (Å²) in [5.41, 5.74) is 2.20. The average molecular weight is 287 g/mol. The van der Waals surface area contributed by atoms with Gasteiger partial charge in [0.25, 0.3) is 5.91 Å². The van der Waals surface area contributed by atoms with E-state index in [4.69, 9.17) is 4.74 Å². The van der Waals surface area contributed by atoms with Crippen LogP contribution in [0.1, 0.15) is 28.4 Å². The standard InChI is InChI=1S/C17H18FNO2/c1-3-21-16-8-7-14(9-12(16)2)17(20)19-11-13-5-4-6-15(18)10-13/h4-10H,3,11H2,1-2H3,(H,19,20). The van der Waals surface area contributed by atoms with E-state index in [1.807, 2.05) is 13.8 Å². The van der Waals surface area contributed by atoms with Gasteiger partial charge in [0, 0.05) is 12.1 Å². The van der Waals surface area contributed by atoms with Crippen molar-refractivity contribution in [1.29, 1.82) is 0 Å². The molecule has 0 spiro atoms. The van der Waals surface area contributed by atoms with Crippen LogP contribution >= 0.6 is 0 Å². The molecule has 3 nitrogen and oxygen atoms in total. The first-order valence-electron chi connectivity index (χ1n) is 6.86. The Balaban J connectivity index is 2.02. The van der Waals surface area contributed by atoms with E-state index in [2.05, 4.69) is 5.32 Å². The number of ether oxygens (including phenoxy) is 1. The summed E-state index contributed by atoms with van der Waals surface area (Å²) in [5.74, 6) is 0.281. The zero-order valence-corrected chi connectivity index (χ0v) is 12.2. The summed E-state index contributed by atoms with van der Waals surface area (Å²) in [5, 5.41) is 2.77. The van der Waals surface area contributed by atoms with Crippen LogP contribution in [0.4, 0.5) is 4.39 Å². The number of hydrogen-bond donors (Lipinski definition) is 1. The van der Waals surface area contributed by atoms with Crippen molar-refractivity contribution >= 4 is 5.91 Å². The molecule has 0 aliphatic rings. The predicted molar refractivity (Wildman–Crippen MR) is 79.9 cm³/mol. The van der Waals surface area contributed by atoms with E-state index in [0.29, 0.717) is 18.7 Å². The van der Waals surface area contributed by atoms with Gasteiger partial charge in [-0.3, -0.25) is 4.79 Å². The highest BCUT2D eigenvalue weighted by Gasteiger charge is 2.08. The first kappa shape index (κ1) is 15.0. The van der Waals surface area contributed by atoms with Crippen LogP contribution in [0.5, 0.6) is 5.75 Å². The third-order valence-corrected chi connectivity index (χ3v) is 3.08. The SMILES string of the molecule is CCOc1ccc(C(=O)NCc2cccc(F)c2)cc1C. The van der Waals surface area contributed by atoms with E-state index >= 15 is 0 Å². The maximum absolute atomic E-state index is 13.1. The molecule has 0 saturated carbocycles. The third kappa shape index (κ3) is 4.05. The van der Waals surface area contributed by atoms with Gasteiger partial charge in [0.15, 0.2) is 0 Å². The van der Waals surface area contributed by atoms with Gasteiger partial charge in [-0.1, -0.05) is 12.1 Å². The zero-order chi connectivity index (χ0) is 15.2. The molecule has 1 N–H and O–H groups in total. The number of nitrogens with one attached hydrogen (secondary N) is 1. The Labute approximate surface area is 123 Å². The van der Waals surface area contributed by atoms with Gasteiger partial charge in [0.1, 0.15) is 11.6 Å². The molecule has 0 atom stereocenters. The van der Waals surface area contributed by atoms with E-state index in [0.717, 1.165) is 16.9 Å². The van der Waals surface area contributed by atoms with Gasteiger partial charge in [-0.25, -0.2) is 4.39 Å². The van der Waals surface area contributed by atoms with Crippen molar-refractivity contribution in [1.82, 2.24) is 5.32 Å². The Hall–Kier alpha value is -2.36. The molecule has 0 bridgehead atoms. The Kier molecular flexibility index (Phi) is 4.93. The van der Waals surface area contributed by atoms with E-state index in [-0.39, 0.29) is 11.7 Å². The van der Waals surface area contributed by atoms with Crippen molar-refractivity contribution in [2.45, 2.75) is 20.4 Å². The monoisotopic (exact) mass is 287 g/mol. The van der Waals surface area contributed by atoms with Crippen LogP contribution in [0, 0.1) is 12.7 Å². The molecule has 0 heterocycles. The molecule has 1 amide bonds. The van der Waals surface area contributed by atoms with E-state index in [1.54, 1.807) is 30.3 Å². The van der Waals surface area contributed by atoms with Gasteiger partial charge in [-0.05, 0) is 55.3 Å². The van der Waals surface area contributed by atoms with Crippen LogP contribution in [0.3, 0.4) is 0 Å². The zero-order valence-electron chi connectivity index (χ0n) is 12.2. The fraction of sp³-hybridized carbons (Fsp3) is 0.235. The smallest absolute Gasteiger partial charge is 0.251 e. The van der Waals surface area contributed by atoms with E-state index < -0.39 is 0 Å². The quantitative estimate of drug-likeness (QED) is 0.914. The van der Waals surface area contributed by atoms with Gasteiger partial charge in [-0.2, -0.15) is 0 Å². The maximum Gasteiger partial charge on any atom is 0.251 e. The van der Waals surface area contributed by atoms with Gasteiger partial charge in [0.2, 0.25) is 0 Å². The number of aryl methyl sites for hydroxylation is 1. The number of hydrogen-bond acceptors (Lipinski definition) is 2. The number of amides is 1. The molecule has 0 fully saturated rings. The molecule has 0 aromatic heterocycles. The summed E-state index contributed by atoms with van der Waals surface area (Å²) in [6.07, 6.45) is 0. The summed E-state index contributed by atoms with van der Waals surface area (Å²) >= 11 is 0. The minimum Gasteiger partial charge on any atom is -0.494 e. The van der Waals surface area contributed by atoms with Crippen molar-refractivity contribution in [2.75, 3.05) is 6.61 Å². The number of halogens is 1. The van der Waals surface area contributed by atoms with Gasteiger partial charge < -0.3 is 10.1 Å². The summed E-state index contributed by atoms with van der Waals surface area (Å²) in [4.78, 5) is 12.1.